The Morgan fingerprint density at radius 2 is 2.27 bits per heavy atom. The maximum atomic E-state index is 6.12. The molecule has 0 aliphatic heterocycles. The van der Waals surface area contributed by atoms with Crippen LogP contribution < -0.4 is 11.3 Å². The number of nitrogens with two attached hydrogens (primary N) is 1. The molecule has 0 aromatic heterocycles. The number of benzene rings is 1. The number of hydrazine groups is 1. The lowest BCUT2D eigenvalue weighted by molar-refractivity contribution is 0.166. The summed E-state index contributed by atoms with van der Waals surface area (Å²) in [5.74, 6) is 5.41. The zero-order valence-electron chi connectivity index (χ0n) is 9.09. The first-order chi connectivity index (χ1) is 7.17. The van der Waals surface area contributed by atoms with E-state index >= 15 is 0 Å². The van der Waals surface area contributed by atoms with Gasteiger partial charge in [-0.05, 0) is 30.5 Å². The highest BCUT2D eigenvalue weighted by Crippen LogP contribution is 2.18. The van der Waals surface area contributed by atoms with E-state index in [0.29, 0.717) is 6.61 Å². The van der Waals surface area contributed by atoms with Crippen molar-refractivity contribution in [2.75, 3.05) is 13.7 Å². The Hall–Kier alpha value is -0.610. The summed E-state index contributed by atoms with van der Waals surface area (Å²) in [6.45, 7) is 2.59. The molecule has 3 nitrogen and oxygen atoms in total. The number of halogens is 1. The zero-order chi connectivity index (χ0) is 11.3. The molecular weight excluding hydrogens is 212 g/mol. The standard InChI is InChI=1S/C11H17ClN2O/c1-8-3-4-9(11(12)5-8)6-10(14-13)7-15-2/h3-5,10,14H,6-7,13H2,1-2H3. The zero-order valence-corrected chi connectivity index (χ0v) is 9.84. The van der Waals surface area contributed by atoms with E-state index in [1.807, 2.05) is 25.1 Å². The number of hydrogen-bond donors (Lipinski definition) is 2. The van der Waals surface area contributed by atoms with Crippen LogP contribution in [-0.4, -0.2) is 19.8 Å². The summed E-state index contributed by atoms with van der Waals surface area (Å²) in [5.41, 5.74) is 4.96. The van der Waals surface area contributed by atoms with Gasteiger partial charge in [0.1, 0.15) is 0 Å². The first-order valence-electron chi connectivity index (χ1n) is 4.87. The first kappa shape index (κ1) is 12.5. The van der Waals surface area contributed by atoms with E-state index in [4.69, 9.17) is 22.2 Å². The van der Waals surface area contributed by atoms with Crippen LogP contribution in [-0.2, 0) is 11.2 Å². The van der Waals surface area contributed by atoms with E-state index in [1.165, 1.54) is 0 Å². The number of ether oxygens (including phenoxy) is 1. The molecule has 0 amide bonds. The number of nitrogens with one attached hydrogen (secondary N) is 1. The van der Waals surface area contributed by atoms with Crippen molar-refractivity contribution >= 4 is 11.6 Å². The second-order valence-corrected chi connectivity index (χ2v) is 4.03. The van der Waals surface area contributed by atoms with Crippen LogP contribution in [0.5, 0.6) is 0 Å². The maximum absolute atomic E-state index is 6.12. The Bertz CT molecular complexity index is 317. The normalized spacial score (nSPS) is 12.8. The molecule has 0 heterocycles. The molecule has 0 aliphatic carbocycles. The largest absolute Gasteiger partial charge is 0.383 e. The van der Waals surface area contributed by atoms with E-state index in [9.17, 15) is 0 Å². The molecule has 0 spiro atoms. The van der Waals surface area contributed by atoms with Crippen molar-refractivity contribution in [1.82, 2.24) is 5.43 Å². The van der Waals surface area contributed by atoms with E-state index in [0.717, 1.165) is 22.6 Å². The molecule has 0 saturated heterocycles. The van der Waals surface area contributed by atoms with Crippen LogP contribution in [0.1, 0.15) is 11.1 Å². The van der Waals surface area contributed by atoms with Crippen molar-refractivity contribution < 1.29 is 4.74 Å². The van der Waals surface area contributed by atoms with E-state index in [-0.39, 0.29) is 6.04 Å². The summed E-state index contributed by atoms with van der Waals surface area (Å²) in [7, 11) is 1.65. The quantitative estimate of drug-likeness (QED) is 0.596. The molecule has 84 valence electrons. The molecule has 0 bridgehead atoms. The minimum Gasteiger partial charge on any atom is -0.383 e. The minimum atomic E-state index is 0.0928. The van der Waals surface area contributed by atoms with E-state index in [1.54, 1.807) is 7.11 Å². The van der Waals surface area contributed by atoms with Crippen molar-refractivity contribution in [1.29, 1.82) is 0 Å². The highest BCUT2D eigenvalue weighted by atomic mass is 35.5. The predicted octanol–water partition coefficient (Wildman–Crippen LogP) is 1.67. The average molecular weight is 229 g/mol. The average Bonchev–Trinajstić information content (AvgIpc) is 2.21. The summed E-state index contributed by atoms with van der Waals surface area (Å²) in [6.07, 6.45) is 0.767. The molecular formula is C11H17ClN2O. The molecule has 0 radical (unpaired) electrons. The first-order valence-corrected chi connectivity index (χ1v) is 5.25. The van der Waals surface area contributed by atoms with Crippen LogP contribution in [0.25, 0.3) is 0 Å². The highest BCUT2D eigenvalue weighted by molar-refractivity contribution is 6.31. The molecule has 15 heavy (non-hydrogen) atoms. The van der Waals surface area contributed by atoms with Crippen molar-refractivity contribution in [2.24, 2.45) is 5.84 Å². The smallest absolute Gasteiger partial charge is 0.0632 e. The van der Waals surface area contributed by atoms with Crippen LogP contribution in [0.3, 0.4) is 0 Å². The topological polar surface area (TPSA) is 47.3 Å². The lowest BCUT2D eigenvalue weighted by Crippen LogP contribution is -2.40. The summed E-state index contributed by atoms with van der Waals surface area (Å²) in [6, 6.07) is 6.12. The summed E-state index contributed by atoms with van der Waals surface area (Å²) in [5, 5.41) is 0.784. The molecule has 1 aromatic carbocycles. The molecule has 4 heteroatoms. The fraction of sp³-hybridized carbons (Fsp3) is 0.455. The van der Waals surface area contributed by atoms with Gasteiger partial charge in [0.05, 0.1) is 6.61 Å². The van der Waals surface area contributed by atoms with Gasteiger partial charge in [-0.3, -0.25) is 11.3 Å². The Morgan fingerprint density at radius 1 is 1.53 bits per heavy atom. The fourth-order valence-electron chi connectivity index (χ4n) is 1.45. The minimum absolute atomic E-state index is 0.0928. The van der Waals surface area contributed by atoms with Gasteiger partial charge in [-0.2, -0.15) is 0 Å². The van der Waals surface area contributed by atoms with Crippen LogP contribution in [0.4, 0.5) is 0 Å². The number of rotatable bonds is 5. The van der Waals surface area contributed by atoms with Gasteiger partial charge >= 0.3 is 0 Å². The maximum Gasteiger partial charge on any atom is 0.0632 e. The van der Waals surface area contributed by atoms with Crippen molar-refractivity contribution in [3.05, 3.63) is 34.3 Å². The van der Waals surface area contributed by atoms with Gasteiger partial charge in [0.25, 0.3) is 0 Å². The van der Waals surface area contributed by atoms with Crippen molar-refractivity contribution in [3.63, 3.8) is 0 Å². The summed E-state index contributed by atoms with van der Waals surface area (Å²) >= 11 is 6.12. The fourth-order valence-corrected chi connectivity index (χ4v) is 1.76. The lowest BCUT2D eigenvalue weighted by Gasteiger charge is -2.15. The van der Waals surface area contributed by atoms with Gasteiger partial charge in [-0.1, -0.05) is 23.7 Å². The Kier molecular flexibility index (Phi) is 5.05. The molecule has 0 saturated carbocycles. The summed E-state index contributed by atoms with van der Waals surface area (Å²) < 4.78 is 5.05. The van der Waals surface area contributed by atoms with Gasteiger partial charge in [0.15, 0.2) is 0 Å². The predicted molar refractivity (Wildman–Crippen MR) is 62.9 cm³/mol. The van der Waals surface area contributed by atoms with Crippen molar-refractivity contribution in [2.45, 2.75) is 19.4 Å². The van der Waals surface area contributed by atoms with Crippen LogP contribution in [0, 0.1) is 6.92 Å². The SMILES string of the molecule is COCC(Cc1ccc(C)cc1Cl)NN. The van der Waals surface area contributed by atoms with Gasteiger partial charge in [-0.15, -0.1) is 0 Å². The summed E-state index contributed by atoms with van der Waals surface area (Å²) in [4.78, 5) is 0. The molecule has 0 fully saturated rings. The number of methoxy groups -OCH3 is 1. The second kappa shape index (κ2) is 6.08. The van der Waals surface area contributed by atoms with E-state index < -0.39 is 0 Å². The van der Waals surface area contributed by atoms with Crippen LogP contribution in [0.2, 0.25) is 5.02 Å². The molecule has 1 unspecified atom stereocenters. The Morgan fingerprint density at radius 3 is 2.80 bits per heavy atom. The molecule has 1 rings (SSSR count). The van der Waals surface area contributed by atoms with Crippen molar-refractivity contribution in [3.8, 4) is 0 Å². The van der Waals surface area contributed by atoms with Gasteiger partial charge < -0.3 is 4.74 Å². The van der Waals surface area contributed by atoms with Gasteiger partial charge in [-0.25, -0.2) is 0 Å². The Balaban J connectivity index is 2.70. The third kappa shape index (κ3) is 3.80. The molecule has 0 aliphatic rings. The molecule has 1 aromatic rings. The van der Waals surface area contributed by atoms with E-state index in [2.05, 4.69) is 5.43 Å². The van der Waals surface area contributed by atoms with Crippen LogP contribution >= 0.6 is 11.6 Å². The molecule has 1 atom stereocenters. The number of aryl methyl sites for hydroxylation is 1. The highest BCUT2D eigenvalue weighted by Gasteiger charge is 2.09. The van der Waals surface area contributed by atoms with Crippen LogP contribution in [0.15, 0.2) is 18.2 Å². The Labute approximate surface area is 95.5 Å². The molecule has 3 N–H and O–H groups in total. The number of hydrogen-bond acceptors (Lipinski definition) is 3. The second-order valence-electron chi connectivity index (χ2n) is 3.62. The third-order valence-corrected chi connectivity index (χ3v) is 2.63. The lowest BCUT2D eigenvalue weighted by atomic mass is 10.1. The van der Waals surface area contributed by atoms with Gasteiger partial charge in [0, 0.05) is 18.2 Å². The van der Waals surface area contributed by atoms with Gasteiger partial charge in [0.2, 0.25) is 0 Å². The third-order valence-electron chi connectivity index (χ3n) is 2.28. The monoisotopic (exact) mass is 228 g/mol.